The van der Waals surface area contributed by atoms with E-state index in [1.54, 1.807) is 0 Å². The molecule has 3 rings (SSSR count). The summed E-state index contributed by atoms with van der Waals surface area (Å²) in [7, 11) is 0. The predicted octanol–water partition coefficient (Wildman–Crippen LogP) is 2.57. The Morgan fingerprint density at radius 3 is 2.43 bits per heavy atom. The Kier molecular flexibility index (Phi) is 5.38. The van der Waals surface area contributed by atoms with E-state index in [2.05, 4.69) is 15.9 Å². The van der Waals surface area contributed by atoms with E-state index in [-0.39, 0.29) is 24.4 Å². The fraction of sp³-hybridized carbons (Fsp3) is 1.00. The van der Waals surface area contributed by atoms with Gasteiger partial charge in [0.25, 0.3) is 0 Å². The van der Waals surface area contributed by atoms with Gasteiger partial charge >= 0.3 is 0 Å². The molecular weight excluding hydrogens is 368 g/mol. The van der Waals surface area contributed by atoms with Crippen LogP contribution in [0.15, 0.2) is 0 Å². The number of alkyl halides is 1. The maximum Gasteiger partial charge on any atom is 0.190 e. The highest BCUT2D eigenvalue weighted by Gasteiger charge is 2.58. The molecule has 0 amide bonds. The summed E-state index contributed by atoms with van der Waals surface area (Å²) >= 11 is 3.44. The average molecular weight is 395 g/mol. The third-order valence-electron chi connectivity index (χ3n) is 4.26. The van der Waals surface area contributed by atoms with Gasteiger partial charge in [-0.05, 0) is 40.5 Å². The zero-order chi connectivity index (χ0) is 16.7. The highest BCUT2D eigenvalue weighted by molar-refractivity contribution is 9.09. The fourth-order valence-electron chi connectivity index (χ4n) is 3.29. The zero-order valence-corrected chi connectivity index (χ0v) is 15.8. The van der Waals surface area contributed by atoms with Gasteiger partial charge in [-0.1, -0.05) is 15.9 Å². The van der Waals surface area contributed by atoms with E-state index >= 15 is 0 Å². The van der Waals surface area contributed by atoms with Gasteiger partial charge in [-0.25, -0.2) is 0 Å². The predicted molar refractivity (Wildman–Crippen MR) is 86.4 cm³/mol. The van der Waals surface area contributed by atoms with E-state index in [0.717, 1.165) is 18.2 Å². The lowest BCUT2D eigenvalue weighted by molar-refractivity contribution is -0.236. The van der Waals surface area contributed by atoms with Crippen molar-refractivity contribution in [1.29, 1.82) is 0 Å². The van der Waals surface area contributed by atoms with Crippen molar-refractivity contribution >= 4 is 15.9 Å². The second-order valence-electron chi connectivity index (χ2n) is 7.17. The first kappa shape index (κ1) is 18.0. The van der Waals surface area contributed by atoms with Crippen LogP contribution in [-0.4, -0.2) is 60.8 Å². The number of hydrogen-bond acceptors (Lipinski definition) is 6. The number of hydrogen-bond donors (Lipinski definition) is 0. The lowest BCUT2D eigenvalue weighted by Gasteiger charge is -2.29. The normalized spacial score (nSPS) is 41.3. The molecule has 3 fully saturated rings. The quantitative estimate of drug-likeness (QED) is 0.509. The first-order valence-corrected chi connectivity index (χ1v) is 9.44. The second-order valence-corrected chi connectivity index (χ2v) is 7.96. The van der Waals surface area contributed by atoms with Crippen molar-refractivity contribution in [3.05, 3.63) is 0 Å². The molecule has 0 radical (unpaired) electrons. The summed E-state index contributed by atoms with van der Waals surface area (Å²) in [5.41, 5.74) is 0. The van der Waals surface area contributed by atoms with Crippen LogP contribution in [0.25, 0.3) is 0 Å². The lowest BCUT2D eigenvalue weighted by atomic mass is 10.1. The number of fused-ring (bicyclic) bond motifs is 1. The highest BCUT2D eigenvalue weighted by Crippen LogP contribution is 2.41. The van der Waals surface area contributed by atoms with Crippen LogP contribution in [0.3, 0.4) is 0 Å². The van der Waals surface area contributed by atoms with Crippen molar-refractivity contribution in [2.24, 2.45) is 0 Å². The lowest BCUT2D eigenvalue weighted by Crippen LogP contribution is -2.44. The van der Waals surface area contributed by atoms with E-state index in [9.17, 15) is 0 Å². The van der Waals surface area contributed by atoms with E-state index in [1.807, 2.05) is 27.7 Å². The first-order valence-electron chi connectivity index (χ1n) is 8.32. The summed E-state index contributed by atoms with van der Waals surface area (Å²) in [6.07, 6.45) is 0.794. The summed E-state index contributed by atoms with van der Waals surface area (Å²) in [6, 6.07) is 0. The molecule has 7 heteroatoms. The maximum atomic E-state index is 6.12. The number of ether oxygens (including phenoxy) is 6. The van der Waals surface area contributed by atoms with Crippen molar-refractivity contribution in [2.75, 3.05) is 18.5 Å². The maximum absolute atomic E-state index is 6.12. The van der Waals surface area contributed by atoms with Crippen LogP contribution in [0, 0.1) is 0 Å². The highest BCUT2D eigenvalue weighted by atomic mass is 79.9. The van der Waals surface area contributed by atoms with E-state index < -0.39 is 17.9 Å². The van der Waals surface area contributed by atoms with E-state index in [1.165, 1.54) is 0 Å². The molecule has 0 N–H and O–H groups in total. The number of rotatable bonds is 6. The Hall–Kier alpha value is 0.240. The Labute approximate surface area is 146 Å². The number of halogens is 1. The number of unbranched alkanes of at least 4 members (excludes halogenated alkanes) is 1. The monoisotopic (exact) mass is 394 g/mol. The molecule has 0 bridgehead atoms. The molecule has 0 aliphatic carbocycles. The largest absolute Gasteiger partial charge is 0.372 e. The minimum absolute atomic E-state index is 0.174. The Bertz CT molecular complexity index is 415. The topological polar surface area (TPSA) is 55.4 Å². The van der Waals surface area contributed by atoms with Crippen molar-refractivity contribution < 1.29 is 28.4 Å². The Morgan fingerprint density at radius 2 is 1.78 bits per heavy atom. The third kappa shape index (κ3) is 4.08. The molecule has 0 aromatic rings. The average Bonchev–Trinajstić information content (AvgIpc) is 3.05. The minimum atomic E-state index is -0.649. The van der Waals surface area contributed by atoms with Crippen LogP contribution < -0.4 is 0 Å². The van der Waals surface area contributed by atoms with Crippen molar-refractivity contribution in [1.82, 2.24) is 0 Å². The Morgan fingerprint density at radius 1 is 1.00 bits per heavy atom. The van der Waals surface area contributed by atoms with Crippen molar-refractivity contribution in [3.63, 3.8) is 0 Å². The molecule has 3 aliphatic heterocycles. The summed E-state index contributed by atoms with van der Waals surface area (Å²) in [4.78, 5) is 0. The van der Waals surface area contributed by atoms with Gasteiger partial charge in [0, 0.05) is 11.9 Å². The molecule has 3 saturated heterocycles. The second kappa shape index (κ2) is 6.86. The van der Waals surface area contributed by atoms with Gasteiger partial charge in [-0.2, -0.15) is 0 Å². The van der Waals surface area contributed by atoms with Crippen LogP contribution in [0.2, 0.25) is 0 Å². The zero-order valence-electron chi connectivity index (χ0n) is 14.2. The van der Waals surface area contributed by atoms with Crippen molar-refractivity contribution in [2.45, 2.75) is 82.8 Å². The molecule has 134 valence electrons. The SMILES string of the molecule is CC1(C)O[C@H]2O[C@H]([C@H]3COC(C)(C)O3)[C@H](OCCCCBr)[C@@H]2O1. The van der Waals surface area contributed by atoms with Crippen molar-refractivity contribution in [3.8, 4) is 0 Å². The van der Waals surface area contributed by atoms with E-state index in [4.69, 9.17) is 28.4 Å². The smallest absolute Gasteiger partial charge is 0.190 e. The van der Waals surface area contributed by atoms with Gasteiger partial charge in [0.05, 0.1) is 6.61 Å². The summed E-state index contributed by atoms with van der Waals surface area (Å²) in [6.45, 7) is 8.76. The van der Waals surface area contributed by atoms with Gasteiger partial charge in [0.2, 0.25) is 0 Å². The standard InChI is InChI=1S/C16H27BrO6/c1-15(2)19-9-10(21-15)11-12(18-8-6-5-7-17)13-14(20-11)23-16(3,4)22-13/h10-14H,5-9H2,1-4H3/t10-,11-,12+,13+,14-/m1/s1. The molecule has 0 saturated carbocycles. The fourth-order valence-corrected chi connectivity index (χ4v) is 3.68. The first-order chi connectivity index (χ1) is 10.8. The minimum Gasteiger partial charge on any atom is -0.372 e. The molecule has 5 atom stereocenters. The molecule has 3 heterocycles. The van der Waals surface area contributed by atoms with E-state index in [0.29, 0.717) is 13.2 Å². The third-order valence-corrected chi connectivity index (χ3v) is 4.82. The van der Waals surface area contributed by atoms with Crippen LogP contribution in [-0.2, 0) is 28.4 Å². The molecule has 6 nitrogen and oxygen atoms in total. The van der Waals surface area contributed by atoms with Crippen LogP contribution >= 0.6 is 15.9 Å². The van der Waals surface area contributed by atoms with Gasteiger partial charge in [0.1, 0.15) is 24.4 Å². The van der Waals surface area contributed by atoms with Gasteiger partial charge in [-0.3, -0.25) is 0 Å². The molecule has 0 spiro atoms. The van der Waals surface area contributed by atoms with Gasteiger partial charge in [-0.15, -0.1) is 0 Å². The van der Waals surface area contributed by atoms with Gasteiger partial charge < -0.3 is 28.4 Å². The summed E-state index contributed by atoms with van der Waals surface area (Å²) < 4.78 is 35.7. The summed E-state index contributed by atoms with van der Waals surface area (Å²) in [5, 5.41) is 0.980. The molecule has 3 aliphatic rings. The van der Waals surface area contributed by atoms with Crippen LogP contribution in [0.1, 0.15) is 40.5 Å². The molecule has 0 unspecified atom stereocenters. The van der Waals surface area contributed by atoms with Crippen LogP contribution in [0.5, 0.6) is 0 Å². The molecule has 0 aromatic carbocycles. The molecule has 0 aromatic heterocycles. The molecule has 23 heavy (non-hydrogen) atoms. The molecular formula is C16H27BrO6. The van der Waals surface area contributed by atoms with Gasteiger partial charge in [0.15, 0.2) is 17.9 Å². The van der Waals surface area contributed by atoms with Crippen LogP contribution in [0.4, 0.5) is 0 Å². The summed E-state index contributed by atoms with van der Waals surface area (Å²) in [5.74, 6) is -1.24. The Balaban J connectivity index is 1.66.